The molecule has 64 valence electrons. The van der Waals surface area contributed by atoms with E-state index < -0.39 is 0 Å². The Morgan fingerprint density at radius 2 is 2.33 bits per heavy atom. The number of fused-ring (bicyclic) bond motifs is 1. The van der Waals surface area contributed by atoms with Crippen molar-refractivity contribution < 1.29 is 0 Å². The lowest BCUT2D eigenvalue weighted by Crippen LogP contribution is -2.27. The predicted octanol–water partition coefficient (Wildman–Crippen LogP) is 1.83. The third kappa shape index (κ3) is 1.52. The first-order valence-corrected chi connectivity index (χ1v) is 4.88. The summed E-state index contributed by atoms with van der Waals surface area (Å²) in [5.74, 6) is 0. The van der Waals surface area contributed by atoms with Crippen molar-refractivity contribution in [3.8, 4) is 0 Å². The van der Waals surface area contributed by atoms with E-state index in [4.69, 9.17) is 0 Å². The topological polar surface area (TPSA) is 16.1 Å². The standard InChI is InChI=1S/C9H11BrN2/c1-12-5-4-7-2-3-9(10)11-8(7)6-12/h2-3H,4-6H2,1H3. The van der Waals surface area contributed by atoms with Crippen LogP contribution in [-0.4, -0.2) is 23.5 Å². The summed E-state index contributed by atoms with van der Waals surface area (Å²) in [6.45, 7) is 2.13. The second kappa shape index (κ2) is 3.15. The molecule has 1 aromatic rings. The fraction of sp³-hybridized carbons (Fsp3) is 0.444. The number of hydrogen-bond donors (Lipinski definition) is 0. The molecule has 0 N–H and O–H groups in total. The van der Waals surface area contributed by atoms with E-state index >= 15 is 0 Å². The molecule has 2 nitrogen and oxygen atoms in total. The van der Waals surface area contributed by atoms with Crippen LogP contribution in [0.5, 0.6) is 0 Å². The Kier molecular flexibility index (Phi) is 2.15. The van der Waals surface area contributed by atoms with E-state index in [-0.39, 0.29) is 0 Å². The minimum atomic E-state index is 0.941. The van der Waals surface area contributed by atoms with Crippen LogP contribution in [0.3, 0.4) is 0 Å². The van der Waals surface area contributed by atoms with Gasteiger partial charge in [-0.15, -0.1) is 0 Å². The van der Waals surface area contributed by atoms with Crippen LogP contribution >= 0.6 is 15.9 Å². The van der Waals surface area contributed by atoms with Crippen molar-refractivity contribution in [2.24, 2.45) is 0 Å². The number of rotatable bonds is 0. The van der Waals surface area contributed by atoms with Gasteiger partial charge in [0.25, 0.3) is 0 Å². The first kappa shape index (κ1) is 8.20. The van der Waals surface area contributed by atoms with Gasteiger partial charge in [0.05, 0.1) is 5.69 Å². The lowest BCUT2D eigenvalue weighted by molar-refractivity contribution is 0.307. The molecule has 1 aliphatic heterocycles. The van der Waals surface area contributed by atoms with Crippen LogP contribution in [-0.2, 0) is 13.0 Å². The van der Waals surface area contributed by atoms with Crippen LogP contribution in [0.25, 0.3) is 0 Å². The molecule has 0 unspecified atom stereocenters. The smallest absolute Gasteiger partial charge is 0.106 e. The number of hydrogen-bond acceptors (Lipinski definition) is 2. The van der Waals surface area contributed by atoms with Crippen molar-refractivity contribution in [1.82, 2.24) is 9.88 Å². The van der Waals surface area contributed by atoms with Gasteiger partial charge in [-0.05, 0) is 41.0 Å². The summed E-state index contributed by atoms with van der Waals surface area (Å²) < 4.78 is 0.941. The summed E-state index contributed by atoms with van der Waals surface area (Å²) in [6, 6.07) is 4.18. The molecule has 0 atom stereocenters. The number of nitrogens with zero attached hydrogens (tertiary/aromatic N) is 2. The molecule has 0 amide bonds. The third-order valence-corrected chi connectivity index (χ3v) is 2.66. The Morgan fingerprint density at radius 1 is 1.50 bits per heavy atom. The van der Waals surface area contributed by atoms with Crippen molar-refractivity contribution in [3.63, 3.8) is 0 Å². The number of likely N-dealkylation sites (N-methyl/N-ethyl adjacent to an activating group) is 1. The lowest BCUT2D eigenvalue weighted by atomic mass is 10.1. The molecule has 0 aromatic carbocycles. The number of halogens is 1. The zero-order valence-electron chi connectivity index (χ0n) is 7.05. The Morgan fingerprint density at radius 3 is 3.17 bits per heavy atom. The summed E-state index contributed by atoms with van der Waals surface area (Å²) in [5, 5.41) is 0. The highest BCUT2D eigenvalue weighted by molar-refractivity contribution is 9.10. The van der Waals surface area contributed by atoms with E-state index in [2.05, 4.69) is 38.9 Å². The second-order valence-electron chi connectivity index (χ2n) is 3.23. The Bertz CT molecular complexity index is 299. The molecule has 0 saturated heterocycles. The van der Waals surface area contributed by atoms with Gasteiger partial charge < -0.3 is 4.90 Å². The fourth-order valence-electron chi connectivity index (χ4n) is 1.51. The molecule has 0 fully saturated rings. The van der Waals surface area contributed by atoms with E-state index in [0.29, 0.717) is 0 Å². The predicted molar refractivity (Wildman–Crippen MR) is 52.0 cm³/mol. The highest BCUT2D eigenvalue weighted by Crippen LogP contribution is 2.18. The van der Waals surface area contributed by atoms with Crippen molar-refractivity contribution in [2.45, 2.75) is 13.0 Å². The quantitative estimate of drug-likeness (QED) is 0.628. The number of aromatic nitrogens is 1. The van der Waals surface area contributed by atoms with Gasteiger partial charge in [0, 0.05) is 13.1 Å². The number of pyridine rings is 1. The fourth-order valence-corrected chi connectivity index (χ4v) is 1.86. The van der Waals surface area contributed by atoms with Crippen LogP contribution in [0, 0.1) is 0 Å². The molecule has 1 aromatic heterocycles. The Hall–Kier alpha value is -0.410. The van der Waals surface area contributed by atoms with Gasteiger partial charge in [0.15, 0.2) is 0 Å². The molecular formula is C9H11BrN2. The van der Waals surface area contributed by atoms with Crippen molar-refractivity contribution in [2.75, 3.05) is 13.6 Å². The van der Waals surface area contributed by atoms with Gasteiger partial charge in [0.2, 0.25) is 0 Å². The molecular weight excluding hydrogens is 216 g/mol. The van der Waals surface area contributed by atoms with Crippen LogP contribution < -0.4 is 0 Å². The largest absolute Gasteiger partial charge is 0.300 e. The molecule has 0 spiro atoms. The van der Waals surface area contributed by atoms with Gasteiger partial charge in [0.1, 0.15) is 4.60 Å². The molecule has 2 rings (SSSR count). The molecule has 12 heavy (non-hydrogen) atoms. The maximum atomic E-state index is 4.44. The van der Waals surface area contributed by atoms with Crippen molar-refractivity contribution in [1.29, 1.82) is 0 Å². The SMILES string of the molecule is CN1CCc2ccc(Br)nc2C1. The normalized spacial score (nSPS) is 17.5. The highest BCUT2D eigenvalue weighted by atomic mass is 79.9. The van der Waals surface area contributed by atoms with Crippen LogP contribution in [0.2, 0.25) is 0 Å². The molecule has 0 bridgehead atoms. The molecule has 2 heterocycles. The maximum Gasteiger partial charge on any atom is 0.106 e. The molecule has 3 heteroatoms. The second-order valence-corrected chi connectivity index (χ2v) is 4.04. The highest BCUT2D eigenvalue weighted by Gasteiger charge is 2.13. The van der Waals surface area contributed by atoms with Gasteiger partial charge in [-0.1, -0.05) is 6.07 Å². The maximum absolute atomic E-state index is 4.44. The van der Waals surface area contributed by atoms with Gasteiger partial charge in [-0.25, -0.2) is 4.98 Å². The van der Waals surface area contributed by atoms with Gasteiger partial charge in [-0.2, -0.15) is 0 Å². The zero-order chi connectivity index (χ0) is 8.55. The minimum absolute atomic E-state index is 0.941. The van der Waals surface area contributed by atoms with E-state index in [0.717, 1.165) is 24.1 Å². The first-order chi connectivity index (χ1) is 5.75. The van der Waals surface area contributed by atoms with Crippen LogP contribution in [0.4, 0.5) is 0 Å². The van der Waals surface area contributed by atoms with Gasteiger partial charge >= 0.3 is 0 Å². The average Bonchev–Trinajstić information content (AvgIpc) is 2.03. The van der Waals surface area contributed by atoms with Crippen LogP contribution in [0.1, 0.15) is 11.3 Å². The summed E-state index contributed by atoms with van der Waals surface area (Å²) in [7, 11) is 2.13. The van der Waals surface area contributed by atoms with Gasteiger partial charge in [-0.3, -0.25) is 0 Å². The third-order valence-electron chi connectivity index (χ3n) is 2.22. The van der Waals surface area contributed by atoms with E-state index in [1.165, 1.54) is 11.3 Å². The lowest BCUT2D eigenvalue weighted by Gasteiger charge is -2.23. The Balaban J connectivity index is 2.37. The van der Waals surface area contributed by atoms with E-state index in [9.17, 15) is 0 Å². The minimum Gasteiger partial charge on any atom is -0.300 e. The molecule has 0 radical (unpaired) electrons. The summed E-state index contributed by atoms with van der Waals surface area (Å²) in [5.41, 5.74) is 2.62. The summed E-state index contributed by atoms with van der Waals surface area (Å²) in [4.78, 5) is 6.73. The molecule has 0 saturated carbocycles. The van der Waals surface area contributed by atoms with Crippen molar-refractivity contribution >= 4 is 15.9 Å². The molecule has 1 aliphatic rings. The van der Waals surface area contributed by atoms with Crippen LogP contribution in [0.15, 0.2) is 16.7 Å². The monoisotopic (exact) mass is 226 g/mol. The first-order valence-electron chi connectivity index (χ1n) is 4.08. The zero-order valence-corrected chi connectivity index (χ0v) is 8.63. The Labute approximate surface area is 80.7 Å². The van der Waals surface area contributed by atoms with E-state index in [1.807, 2.05) is 6.07 Å². The summed E-state index contributed by atoms with van der Waals surface area (Å²) in [6.07, 6.45) is 1.13. The average molecular weight is 227 g/mol. The van der Waals surface area contributed by atoms with Crippen molar-refractivity contribution in [3.05, 3.63) is 28.0 Å². The summed E-state index contributed by atoms with van der Waals surface area (Å²) >= 11 is 3.38. The molecule has 0 aliphatic carbocycles. The van der Waals surface area contributed by atoms with E-state index in [1.54, 1.807) is 0 Å².